The van der Waals surface area contributed by atoms with E-state index in [4.69, 9.17) is 4.74 Å². The smallest absolute Gasteiger partial charge is 0.122 e. The van der Waals surface area contributed by atoms with Gasteiger partial charge in [-0.25, -0.2) is 0 Å². The summed E-state index contributed by atoms with van der Waals surface area (Å²) in [6, 6.07) is 11.0. The van der Waals surface area contributed by atoms with E-state index >= 15 is 0 Å². The molecule has 1 atom stereocenters. The Bertz CT molecular complexity index is 652. The molecular formula is C18H22BrNO. The topological polar surface area (TPSA) is 21.3 Å². The number of rotatable bonds is 4. The lowest BCUT2D eigenvalue weighted by Gasteiger charge is -2.22. The molecule has 0 spiro atoms. The number of aryl methyl sites for hydroxylation is 3. The monoisotopic (exact) mass is 347 g/mol. The van der Waals surface area contributed by atoms with Crippen molar-refractivity contribution >= 4 is 15.9 Å². The Morgan fingerprint density at radius 2 is 1.71 bits per heavy atom. The molecule has 1 unspecified atom stereocenters. The molecule has 0 amide bonds. The molecule has 1 N–H and O–H groups in total. The number of ether oxygens (including phenoxy) is 1. The molecule has 2 aromatic rings. The van der Waals surface area contributed by atoms with Crippen molar-refractivity contribution in [1.29, 1.82) is 0 Å². The Hall–Kier alpha value is -1.32. The second kappa shape index (κ2) is 6.63. The van der Waals surface area contributed by atoms with Gasteiger partial charge in [0.1, 0.15) is 5.75 Å². The van der Waals surface area contributed by atoms with Crippen LogP contribution in [0.25, 0.3) is 0 Å². The molecule has 0 heterocycles. The quantitative estimate of drug-likeness (QED) is 0.865. The minimum Gasteiger partial charge on any atom is -0.496 e. The second-order valence-electron chi connectivity index (χ2n) is 5.43. The van der Waals surface area contributed by atoms with Crippen LogP contribution in [0.3, 0.4) is 0 Å². The zero-order valence-electron chi connectivity index (χ0n) is 13.3. The van der Waals surface area contributed by atoms with Crippen LogP contribution in [0.4, 0.5) is 0 Å². The fraction of sp³-hybridized carbons (Fsp3) is 0.333. The first kappa shape index (κ1) is 16.1. The normalized spacial score (nSPS) is 12.3. The van der Waals surface area contributed by atoms with Crippen LogP contribution in [0.2, 0.25) is 0 Å². The van der Waals surface area contributed by atoms with Gasteiger partial charge in [0.25, 0.3) is 0 Å². The Kier molecular flexibility index (Phi) is 5.07. The van der Waals surface area contributed by atoms with E-state index in [0.29, 0.717) is 0 Å². The third kappa shape index (κ3) is 3.30. The molecule has 0 aliphatic heterocycles. The zero-order chi connectivity index (χ0) is 15.6. The van der Waals surface area contributed by atoms with E-state index in [0.717, 1.165) is 15.8 Å². The van der Waals surface area contributed by atoms with Crippen molar-refractivity contribution in [2.75, 3.05) is 14.2 Å². The van der Waals surface area contributed by atoms with Crippen molar-refractivity contribution in [2.45, 2.75) is 26.8 Å². The van der Waals surface area contributed by atoms with Crippen molar-refractivity contribution in [2.24, 2.45) is 0 Å². The Labute approximate surface area is 135 Å². The van der Waals surface area contributed by atoms with Gasteiger partial charge in [-0.3, -0.25) is 0 Å². The molecule has 21 heavy (non-hydrogen) atoms. The number of halogens is 1. The van der Waals surface area contributed by atoms with E-state index in [-0.39, 0.29) is 6.04 Å². The molecular weight excluding hydrogens is 326 g/mol. The molecule has 2 aromatic carbocycles. The van der Waals surface area contributed by atoms with E-state index in [9.17, 15) is 0 Å². The number of hydrogen-bond acceptors (Lipinski definition) is 2. The van der Waals surface area contributed by atoms with Crippen molar-refractivity contribution in [3.63, 3.8) is 0 Å². The first-order chi connectivity index (χ1) is 9.97. The number of benzene rings is 2. The van der Waals surface area contributed by atoms with Crippen LogP contribution in [0.15, 0.2) is 34.8 Å². The Morgan fingerprint density at radius 1 is 1.00 bits per heavy atom. The maximum atomic E-state index is 5.41. The van der Waals surface area contributed by atoms with Gasteiger partial charge in [0, 0.05) is 4.47 Å². The van der Waals surface area contributed by atoms with E-state index in [1.165, 1.54) is 22.3 Å². The number of methoxy groups -OCH3 is 1. The van der Waals surface area contributed by atoms with Gasteiger partial charge in [-0.15, -0.1) is 0 Å². The number of nitrogens with one attached hydrogen (secondary N) is 1. The van der Waals surface area contributed by atoms with Gasteiger partial charge >= 0.3 is 0 Å². The summed E-state index contributed by atoms with van der Waals surface area (Å²) in [7, 11) is 3.71. The molecule has 0 aliphatic carbocycles. The lowest BCUT2D eigenvalue weighted by Crippen LogP contribution is -2.19. The lowest BCUT2D eigenvalue weighted by atomic mass is 9.93. The molecule has 2 rings (SSSR count). The molecule has 0 aromatic heterocycles. The molecule has 112 valence electrons. The van der Waals surface area contributed by atoms with Crippen molar-refractivity contribution in [3.8, 4) is 5.75 Å². The third-order valence-electron chi connectivity index (χ3n) is 3.85. The fourth-order valence-corrected chi connectivity index (χ4v) is 3.41. The predicted octanol–water partition coefficient (Wildman–Crippen LogP) is 4.69. The van der Waals surface area contributed by atoms with E-state index in [1.807, 2.05) is 7.05 Å². The van der Waals surface area contributed by atoms with Crippen LogP contribution < -0.4 is 10.1 Å². The summed E-state index contributed by atoms with van der Waals surface area (Å²) < 4.78 is 6.54. The van der Waals surface area contributed by atoms with E-state index in [2.05, 4.69) is 72.3 Å². The Morgan fingerprint density at radius 3 is 2.29 bits per heavy atom. The average Bonchev–Trinajstić information content (AvgIpc) is 2.45. The highest BCUT2D eigenvalue weighted by Gasteiger charge is 2.18. The largest absolute Gasteiger partial charge is 0.496 e. The van der Waals surface area contributed by atoms with Crippen LogP contribution >= 0.6 is 15.9 Å². The fourth-order valence-electron chi connectivity index (χ4n) is 2.69. The van der Waals surface area contributed by atoms with Crippen LogP contribution in [0.5, 0.6) is 5.75 Å². The van der Waals surface area contributed by atoms with Crippen molar-refractivity contribution in [3.05, 3.63) is 62.6 Å². The third-order valence-corrected chi connectivity index (χ3v) is 4.54. The SMILES string of the molecule is CNC(c1cc(C)c(OC)cc1C)c1ccc(C)cc1Br. The van der Waals surface area contributed by atoms with Crippen LogP contribution in [-0.4, -0.2) is 14.2 Å². The number of hydrogen-bond donors (Lipinski definition) is 1. The standard InChI is InChI=1S/C18H22BrNO/c1-11-6-7-14(16(19)8-11)18(20-4)15-9-13(3)17(21-5)10-12(15)2/h6-10,18,20H,1-5H3. The first-order valence-corrected chi connectivity index (χ1v) is 7.85. The van der Waals surface area contributed by atoms with E-state index in [1.54, 1.807) is 7.11 Å². The van der Waals surface area contributed by atoms with Gasteiger partial charge in [-0.2, -0.15) is 0 Å². The maximum absolute atomic E-state index is 5.41. The molecule has 0 radical (unpaired) electrons. The van der Waals surface area contributed by atoms with Crippen LogP contribution in [0, 0.1) is 20.8 Å². The minimum absolute atomic E-state index is 0.157. The summed E-state index contributed by atoms with van der Waals surface area (Å²) in [5.74, 6) is 0.939. The second-order valence-corrected chi connectivity index (χ2v) is 6.28. The summed E-state index contributed by atoms with van der Waals surface area (Å²) in [5.41, 5.74) is 6.16. The van der Waals surface area contributed by atoms with Gasteiger partial charge in [-0.05, 0) is 67.8 Å². The summed E-state index contributed by atoms with van der Waals surface area (Å²) in [6.45, 7) is 6.31. The highest BCUT2D eigenvalue weighted by molar-refractivity contribution is 9.10. The summed E-state index contributed by atoms with van der Waals surface area (Å²) >= 11 is 3.69. The molecule has 3 heteroatoms. The molecule has 0 fully saturated rings. The maximum Gasteiger partial charge on any atom is 0.122 e. The highest BCUT2D eigenvalue weighted by Crippen LogP contribution is 2.33. The zero-order valence-corrected chi connectivity index (χ0v) is 14.8. The van der Waals surface area contributed by atoms with Crippen LogP contribution in [0.1, 0.15) is 33.9 Å². The minimum atomic E-state index is 0.157. The highest BCUT2D eigenvalue weighted by atomic mass is 79.9. The van der Waals surface area contributed by atoms with Crippen molar-refractivity contribution < 1.29 is 4.74 Å². The predicted molar refractivity (Wildman–Crippen MR) is 92.2 cm³/mol. The summed E-state index contributed by atoms with van der Waals surface area (Å²) in [5, 5.41) is 3.43. The van der Waals surface area contributed by atoms with Gasteiger partial charge in [-0.1, -0.05) is 34.1 Å². The van der Waals surface area contributed by atoms with Gasteiger partial charge in [0.05, 0.1) is 13.2 Å². The first-order valence-electron chi connectivity index (χ1n) is 7.06. The summed E-state index contributed by atoms with van der Waals surface area (Å²) in [6.07, 6.45) is 0. The molecule has 0 aliphatic rings. The van der Waals surface area contributed by atoms with E-state index < -0.39 is 0 Å². The van der Waals surface area contributed by atoms with Gasteiger partial charge in [0.15, 0.2) is 0 Å². The molecule has 2 nitrogen and oxygen atoms in total. The lowest BCUT2D eigenvalue weighted by molar-refractivity contribution is 0.411. The summed E-state index contributed by atoms with van der Waals surface area (Å²) in [4.78, 5) is 0. The molecule has 0 bridgehead atoms. The average molecular weight is 348 g/mol. The van der Waals surface area contributed by atoms with Gasteiger partial charge in [0.2, 0.25) is 0 Å². The molecule has 0 saturated heterocycles. The Balaban J connectivity index is 2.53. The van der Waals surface area contributed by atoms with Gasteiger partial charge < -0.3 is 10.1 Å². The van der Waals surface area contributed by atoms with Crippen LogP contribution in [-0.2, 0) is 0 Å². The molecule has 0 saturated carbocycles. The van der Waals surface area contributed by atoms with Crippen molar-refractivity contribution in [1.82, 2.24) is 5.32 Å².